The Balaban J connectivity index is 1.17. The molecule has 4 heterocycles. The Bertz CT molecular complexity index is 1390. The zero-order chi connectivity index (χ0) is 27.7. The van der Waals surface area contributed by atoms with Gasteiger partial charge >= 0.3 is 5.97 Å². The number of nitrogens with one attached hydrogen (secondary N) is 1. The number of pyridine rings is 1. The van der Waals surface area contributed by atoms with Crippen molar-refractivity contribution in [2.24, 2.45) is 5.92 Å². The van der Waals surface area contributed by atoms with Crippen molar-refractivity contribution in [1.82, 2.24) is 19.8 Å². The third kappa shape index (κ3) is 5.63. The molecule has 1 atom stereocenters. The minimum absolute atomic E-state index is 0.0387. The van der Waals surface area contributed by atoms with Crippen molar-refractivity contribution in [3.63, 3.8) is 0 Å². The molecule has 8 nitrogen and oxygen atoms in total. The van der Waals surface area contributed by atoms with Crippen LogP contribution in [0.25, 0.3) is 17.0 Å². The van der Waals surface area contributed by atoms with Gasteiger partial charge in [0.2, 0.25) is 5.91 Å². The lowest BCUT2D eigenvalue weighted by Crippen LogP contribution is -2.52. The van der Waals surface area contributed by atoms with E-state index in [0.717, 1.165) is 35.9 Å². The van der Waals surface area contributed by atoms with Crippen molar-refractivity contribution in [2.45, 2.75) is 37.6 Å². The van der Waals surface area contributed by atoms with Crippen LogP contribution in [0.4, 0.5) is 19.0 Å². The Morgan fingerprint density at radius 1 is 1.05 bits per heavy atom. The molecule has 0 aliphatic carbocycles. The third-order valence-corrected chi connectivity index (χ3v) is 7.96. The van der Waals surface area contributed by atoms with Crippen molar-refractivity contribution in [1.29, 1.82) is 0 Å². The van der Waals surface area contributed by atoms with Crippen LogP contribution >= 0.6 is 0 Å². The fourth-order valence-electron chi connectivity index (χ4n) is 5.92. The number of piperidine rings is 2. The number of H-pyrrole nitrogens is 1. The highest BCUT2D eigenvalue weighted by Gasteiger charge is 2.38. The molecule has 0 radical (unpaired) electrons. The summed E-state index contributed by atoms with van der Waals surface area (Å²) in [4.78, 5) is 36.0. The van der Waals surface area contributed by atoms with E-state index >= 15 is 0 Å². The Hall–Kier alpha value is -3.86. The fourth-order valence-corrected chi connectivity index (χ4v) is 5.92. The van der Waals surface area contributed by atoms with Gasteiger partial charge in [-0.3, -0.25) is 14.5 Å². The molecule has 206 valence electrons. The van der Waals surface area contributed by atoms with Gasteiger partial charge in [-0.15, -0.1) is 0 Å². The number of nitrogens with zero attached hydrogens (tertiary/aromatic N) is 3. The summed E-state index contributed by atoms with van der Waals surface area (Å²) >= 11 is 0. The summed E-state index contributed by atoms with van der Waals surface area (Å²) in [6.45, 7) is 2.07. The minimum atomic E-state index is -1.56. The van der Waals surface area contributed by atoms with Gasteiger partial charge in [0.05, 0.1) is 11.7 Å². The first-order valence-electron chi connectivity index (χ1n) is 13.0. The molecular formula is C28H30F3N5O3. The minimum Gasteiger partial charge on any atom is -0.480 e. The van der Waals surface area contributed by atoms with E-state index in [2.05, 4.69) is 9.97 Å². The predicted molar refractivity (Wildman–Crippen MR) is 140 cm³/mol. The number of aromatic nitrogens is 2. The number of hydrogen-bond donors (Lipinski definition) is 3. The lowest BCUT2D eigenvalue weighted by Gasteiger charge is -2.41. The second-order valence-electron chi connectivity index (χ2n) is 10.3. The lowest BCUT2D eigenvalue weighted by molar-refractivity contribution is -0.147. The van der Waals surface area contributed by atoms with Crippen LogP contribution in [0.5, 0.6) is 0 Å². The van der Waals surface area contributed by atoms with Gasteiger partial charge in [-0.05, 0) is 86.0 Å². The van der Waals surface area contributed by atoms with E-state index in [1.54, 1.807) is 11.1 Å². The van der Waals surface area contributed by atoms with Gasteiger partial charge in [0.25, 0.3) is 0 Å². The van der Waals surface area contributed by atoms with Crippen LogP contribution in [-0.2, 0) is 9.59 Å². The highest BCUT2D eigenvalue weighted by atomic mass is 19.2. The average molecular weight is 542 g/mol. The maximum atomic E-state index is 13.4. The molecule has 2 saturated heterocycles. The Morgan fingerprint density at radius 3 is 2.36 bits per heavy atom. The first-order valence-corrected chi connectivity index (χ1v) is 13.0. The molecule has 5 rings (SSSR count). The highest BCUT2D eigenvalue weighted by molar-refractivity contribution is 5.92. The van der Waals surface area contributed by atoms with Gasteiger partial charge in [0, 0.05) is 30.7 Å². The number of benzene rings is 1. The average Bonchev–Trinajstić information content (AvgIpc) is 3.34. The maximum absolute atomic E-state index is 13.4. The normalized spacial score (nSPS) is 18.7. The number of halogens is 3. The molecule has 2 aromatic heterocycles. The Morgan fingerprint density at radius 2 is 1.72 bits per heavy atom. The third-order valence-electron chi connectivity index (χ3n) is 7.96. The van der Waals surface area contributed by atoms with Crippen LogP contribution in [0, 0.1) is 23.4 Å². The first-order chi connectivity index (χ1) is 18.7. The van der Waals surface area contributed by atoms with Gasteiger partial charge < -0.3 is 20.7 Å². The number of carboxylic acid groups (broad SMARTS) is 1. The molecule has 11 heteroatoms. The smallest absolute Gasteiger partial charge is 0.321 e. The molecule has 0 spiro atoms. The standard InChI is InChI=1S/C28H30F3N5O3/c29-21-11-16(12-22(30)26(21)31)1-2-25(37)35-7-5-18(6-8-35)27(28(38)39)36-9-3-17(4-10-36)20-14-33-23-15-34-24(32)13-19(20)23/h1-2,11-15,17-18,27,33H,3-10H2,(H2,32,34)(H,38,39). The summed E-state index contributed by atoms with van der Waals surface area (Å²) in [6, 6.07) is 2.88. The molecule has 2 aliphatic heterocycles. The Kier molecular flexibility index (Phi) is 7.60. The number of carbonyl (C=O) groups excluding carboxylic acids is 1. The molecule has 0 bridgehead atoms. The van der Waals surface area contributed by atoms with Crippen molar-refractivity contribution < 1.29 is 27.9 Å². The number of hydrogen-bond acceptors (Lipinski definition) is 5. The van der Waals surface area contributed by atoms with Crippen LogP contribution in [0.3, 0.4) is 0 Å². The largest absolute Gasteiger partial charge is 0.480 e. The topological polar surface area (TPSA) is 116 Å². The molecule has 3 aromatic rings. The molecule has 4 N–H and O–H groups in total. The van der Waals surface area contributed by atoms with Crippen LogP contribution in [0.15, 0.2) is 36.7 Å². The summed E-state index contributed by atoms with van der Waals surface area (Å²) in [5, 5.41) is 11.2. The molecule has 1 unspecified atom stereocenters. The SMILES string of the molecule is Nc1cc2c(C3CCN(C(C(=O)O)C4CCN(C(=O)C=Cc5cc(F)c(F)c(F)c5)CC4)CC3)c[nH]c2cn1. The monoisotopic (exact) mass is 541 g/mol. The van der Waals surface area contributed by atoms with E-state index < -0.39 is 29.5 Å². The summed E-state index contributed by atoms with van der Waals surface area (Å²) in [5.41, 5.74) is 8.03. The number of likely N-dealkylation sites (tertiary alicyclic amines) is 2. The van der Waals surface area contributed by atoms with Gasteiger partial charge in [0.1, 0.15) is 11.9 Å². The molecule has 1 aromatic carbocycles. The van der Waals surface area contributed by atoms with Crippen LogP contribution in [0.1, 0.15) is 42.7 Å². The second-order valence-corrected chi connectivity index (χ2v) is 10.3. The number of nitrogens with two attached hydrogens (primary N) is 1. The van der Waals surface area contributed by atoms with Crippen molar-refractivity contribution in [2.75, 3.05) is 31.9 Å². The number of rotatable bonds is 6. The molecule has 2 aliphatic rings. The van der Waals surface area contributed by atoms with Gasteiger partial charge in [-0.2, -0.15) is 0 Å². The molecule has 0 saturated carbocycles. The predicted octanol–water partition coefficient (Wildman–Crippen LogP) is 4.15. The number of carbonyl (C=O) groups is 2. The van der Waals surface area contributed by atoms with Crippen LogP contribution in [-0.4, -0.2) is 69.0 Å². The molecule has 2 fully saturated rings. The van der Waals surface area contributed by atoms with E-state index in [9.17, 15) is 27.9 Å². The van der Waals surface area contributed by atoms with E-state index in [1.165, 1.54) is 17.7 Å². The summed E-state index contributed by atoms with van der Waals surface area (Å²) < 4.78 is 40.0. The summed E-state index contributed by atoms with van der Waals surface area (Å²) in [6.07, 6.45) is 8.86. The second kappa shape index (κ2) is 11.1. The quantitative estimate of drug-likeness (QED) is 0.319. The molecular weight excluding hydrogens is 511 g/mol. The first kappa shape index (κ1) is 26.7. The van der Waals surface area contributed by atoms with E-state index in [-0.39, 0.29) is 17.4 Å². The number of nitrogen functional groups attached to an aromatic ring is 1. The zero-order valence-corrected chi connectivity index (χ0v) is 21.2. The number of carboxylic acids is 1. The van der Waals surface area contributed by atoms with Crippen LogP contribution < -0.4 is 5.73 Å². The number of aliphatic carboxylic acids is 1. The summed E-state index contributed by atoms with van der Waals surface area (Å²) in [7, 11) is 0. The highest BCUT2D eigenvalue weighted by Crippen LogP contribution is 2.35. The Labute approximate surface area is 223 Å². The van der Waals surface area contributed by atoms with Gasteiger partial charge in [-0.25, -0.2) is 18.2 Å². The summed E-state index contributed by atoms with van der Waals surface area (Å²) in [5.74, 6) is -4.76. The van der Waals surface area contributed by atoms with E-state index in [0.29, 0.717) is 50.8 Å². The number of amides is 1. The molecule has 39 heavy (non-hydrogen) atoms. The maximum Gasteiger partial charge on any atom is 0.321 e. The van der Waals surface area contributed by atoms with E-state index in [1.807, 2.05) is 17.2 Å². The van der Waals surface area contributed by atoms with Crippen molar-refractivity contribution in [3.05, 3.63) is 65.2 Å². The van der Waals surface area contributed by atoms with Crippen molar-refractivity contribution >= 4 is 34.7 Å². The fraction of sp³-hybridized carbons (Fsp3) is 0.393. The zero-order valence-electron chi connectivity index (χ0n) is 21.2. The van der Waals surface area contributed by atoms with Gasteiger partial charge in [-0.1, -0.05) is 0 Å². The number of fused-ring (bicyclic) bond motifs is 1. The van der Waals surface area contributed by atoms with Crippen LogP contribution in [0.2, 0.25) is 0 Å². The number of aromatic amines is 1. The number of anilines is 1. The van der Waals surface area contributed by atoms with Gasteiger partial charge in [0.15, 0.2) is 17.5 Å². The lowest BCUT2D eigenvalue weighted by atomic mass is 9.84. The van der Waals surface area contributed by atoms with Crippen molar-refractivity contribution in [3.8, 4) is 0 Å². The molecule has 1 amide bonds. The van der Waals surface area contributed by atoms with E-state index in [4.69, 9.17) is 5.73 Å².